The number of hydrogen-bond acceptors (Lipinski definition) is 9. The molecule has 1 aromatic heterocycles. The van der Waals surface area contributed by atoms with E-state index in [1.165, 1.54) is 0 Å². The molecular formula is C12H22N4O6S. The highest BCUT2D eigenvalue weighted by Gasteiger charge is 2.45. The number of aryl methyl sites for hydroxylation is 2. The molecule has 0 aliphatic heterocycles. The molecular weight excluding hydrogens is 328 g/mol. The molecule has 0 fully saturated rings. The first kappa shape index (κ1) is 19.5. The third kappa shape index (κ3) is 5.86. The molecule has 0 amide bonds. The van der Waals surface area contributed by atoms with E-state index in [0.717, 1.165) is 0 Å². The molecule has 2 unspecified atom stereocenters. The first-order chi connectivity index (χ1) is 10.6. The number of primary sulfonamides is 1. The van der Waals surface area contributed by atoms with E-state index < -0.39 is 33.4 Å². The molecule has 23 heavy (non-hydrogen) atoms. The van der Waals surface area contributed by atoms with Crippen LogP contribution in [-0.2, 0) is 26.0 Å². The topological polar surface area (TPSA) is 172 Å². The Morgan fingerprint density at radius 1 is 1.48 bits per heavy atom. The van der Waals surface area contributed by atoms with Gasteiger partial charge < -0.3 is 20.0 Å². The third-order valence-corrected chi connectivity index (χ3v) is 4.01. The fraction of sp³-hybridized carbons (Fsp3) is 0.750. The summed E-state index contributed by atoms with van der Waals surface area (Å²) in [5.41, 5.74) is 3.68. The molecule has 132 valence electrons. The van der Waals surface area contributed by atoms with Crippen molar-refractivity contribution in [2.45, 2.75) is 44.8 Å². The van der Waals surface area contributed by atoms with Gasteiger partial charge in [-0.1, -0.05) is 0 Å². The van der Waals surface area contributed by atoms with Crippen LogP contribution in [0.15, 0.2) is 4.42 Å². The zero-order valence-electron chi connectivity index (χ0n) is 13.1. The number of esters is 1. The smallest absolute Gasteiger partial charge is 0.329 e. The number of nitrogens with two attached hydrogens (primary N) is 2. The average Bonchev–Trinajstić information content (AvgIpc) is 2.82. The van der Waals surface area contributed by atoms with Gasteiger partial charge in [-0.15, -0.1) is 10.2 Å². The van der Waals surface area contributed by atoms with Crippen LogP contribution in [-0.4, -0.2) is 53.7 Å². The summed E-state index contributed by atoms with van der Waals surface area (Å²) in [6.45, 7) is 3.18. The number of aliphatic hydroxyl groups excluding tert-OH is 1. The highest BCUT2D eigenvalue weighted by atomic mass is 32.2. The van der Waals surface area contributed by atoms with Gasteiger partial charge in [-0.3, -0.25) is 0 Å². The minimum Gasteiger partial charge on any atom is -0.465 e. The molecule has 0 radical (unpaired) electrons. The maximum absolute atomic E-state index is 12.0. The van der Waals surface area contributed by atoms with Crippen LogP contribution in [0.2, 0.25) is 0 Å². The summed E-state index contributed by atoms with van der Waals surface area (Å²) in [6.07, 6.45) is -0.714. The van der Waals surface area contributed by atoms with Crippen molar-refractivity contribution in [2.75, 3.05) is 12.4 Å². The zero-order valence-corrected chi connectivity index (χ0v) is 13.9. The Labute approximate surface area is 134 Å². The molecule has 0 saturated heterocycles. The highest BCUT2D eigenvalue weighted by Crippen LogP contribution is 2.18. The summed E-state index contributed by atoms with van der Waals surface area (Å²) in [5, 5.41) is 22.6. The first-order valence-electron chi connectivity index (χ1n) is 7.02. The summed E-state index contributed by atoms with van der Waals surface area (Å²) in [7, 11) is -4.09. The lowest BCUT2D eigenvalue weighted by molar-refractivity contribution is -0.153. The van der Waals surface area contributed by atoms with Gasteiger partial charge in [0.05, 0.1) is 18.5 Å². The summed E-state index contributed by atoms with van der Waals surface area (Å²) in [6, 6.07) is 0. The van der Waals surface area contributed by atoms with E-state index in [4.69, 9.17) is 20.0 Å². The lowest BCUT2D eigenvalue weighted by Gasteiger charge is -2.30. The molecule has 0 aliphatic rings. The standard InChI is InChI=1S/C12H22N4O6S/c1-3-21-11(18)12(13,7-23(14,19)20)9(17)5-4-6-10-16-15-8(2)22-10/h9,17H,3-7,13H2,1-2H3,(H2,14,19,20). The fourth-order valence-electron chi connectivity index (χ4n) is 2.03. The Bertz CT molecular complexity index is 631. The van der Waals surface area contributed by atoms with Crippen molar-refractivity contribution < 1.29 is 27.5 Å². The van der Waals surface area contributed by atoms with Crippen LogP contribution < -0.4 is 10.9 Å². The second-order valence-corrected chi connectivity index (χ2v) is 6.81. The van der Waals surface area contributed by atoms with Crippen LogP contribution in [0.4, 0.5) is 0 Å². The number of ether oxygens (including phenoxy) is 1. The minimum absolute atomic E-state index is 0.00359. The number of sulfonamides is 1. The second kappa shape index (κ2) is 7.81. The predicted molar refractivity (Wildman–Crippen MR) is 79.5 cm³/mol. The summed E-state index contributed by atoms with van der Waals surface area (Å²) in [4.78, 5) is 12.0. The molecule has 0 bridgehead atoms. The van der Waals surface area contributed by atoms with Gasteiger partial charge >= 0.3 is 5.97 Å². The second-order valence-electron chi connectivity index (χ2n) is 5.19. The number of rotatable bonds is 9. The van der Waals surface area contributed by atoms with E-state index in [9.17, 15) is 18.3 Å². The van der Waals surface area contributed by atoms with Gasteiger partial charge in [-0.2, -0.15) is 0 Å². The lowest BCUT2D eigenvalue weighted by atomic mass is 9.92. The normalized spacial score (nSPS) is 15.9. The van der Waals surface area contributed by atoms with Crippen LogP contribution >= 0.6 is 0 Å². The van der Waals surface area contributed by atoms with Crippen LogP contribution in [0.25, 0.3) is 0 Å². The molecule has 0 saturated carbocycles. The predicted octanol–water partition coefficient (Wildman–Crippen LogP) is -1.39. The number of nitrogens with zero attached hydrogens (tertiary/aromatic N) is 2. The maximum Gasteiger partial charge on any atom is 0.329 e. The number of carbonyl (C=O) groups excluding carboxylic acids is 1. The van der Waals surface area contributed by atoms with Crippen molar-refractivity contribution in [3.8, 4) is 0 Å². The quantitative estimate of drug-likeness (QED) is 0.453. The average molecular weight is 350 g/mol. The minimum atomic E-state index is -4.09. The van der Waals surface area contributed by atoms with Gasteiger partial charge in [0, 0.05) is 13.3 Å². The van der Waals surface area contributed by atoms with Crippen molar-refractivity contribution in [2.24, 2.45) is 10.9 Å². The number of aromatic nitrogens is 2. The Morgan fingerprint density at radius 3 is 2.61 bits per heavy atom. The molecule has 0 spiro atoms. The lowest BCUT2D eigenvalue weighted by Crippen LogP contribution is -2.63. The monoisotopic (exact) mass is 350 g/mol. The van der Waals surface area contributed by atoms with Crippen molar-refractivity contribution in [3.63, 3.8) is 0 Å². The Balaban J connectivity index is 2.74. The van der Waals surface area contributed by atoms with Crippen molar-refractivity contribution in [3.05, 3.63) is 11.8 Å². The number of aliphatic hydroxyl groups is 1. The molecule has 11 heteroatoms. The highest BCUT2D eigenvalue weighted by molar-refractivity contribution is 7.89. The van der Waals surface area contributed by atoms with E-state index in [1.54, 1.807) is 13.8 Å². The fourth-order valence-corrected chi connectivity index (χ4v) is 3.01. The number of hydrogen-bond donors (Lipinski definition) is 3. The van der Waals surface area contributed by atoms with Crippen molar-refractivity contribution >= 4 is 16.0 Å². The van der Waals surface area contributed by atoms with E-state index in [-0.39, 0.29) is 13.0 Å². The van der Waals surface area contributed by atoms with Crippen molar-refractivity contribution in [1.29, 1.82) is 0 Å². The van der Waals surface area contributed by atoms with Gasteiger partial charge in [-0.05, 0) is 19.8 Å². The largest absolute Gasteiger partial charge is 0.465 e. The zero-order chi connectivity index (χ0) is 17.7. The van der Waals surface area contributed by atoms with Gasteiger partial charge in [0.1, 0.15) is 0 Å². The van der Waals surface area contributed by atoms with E-state index in [1.807, 2.05) is 0 Å². The van der Waals surface area contributed by atoms with E-state index in [0.29, 0.717) is 24.6 Å². The summed E-state index contributed by atoms with van der Waals surface area (Å²) in [5.74, 6) is -1.15. The molecule has 0 aromatic carbocycles. The van der Waals surface area contributed by atoms with Gasteiger partial charge in [0.15, 0.2) is 5.54 Å². The van der Waals surface area contributed by atoms with E-state index >= 15 is 0 Å². The van der Waals surface area contributed by atoms with Crippen LogP contribution in [0.3, 0.4) is 0 Å². The molecule has 1 rings (SSSR count). The summed E-state index contributed by atoms with van der Waals surface area (Å²) >= 11 is 0. The molecule has 1 heterocycles. The van der Waals surface area contributed by atoms with Gasteiger partial charge in [-0.25, -0.2) is 18.4 Å². The molecule has 5 N–H and O–H groups in total. The van der Waals surface area contributed by atoms with Crippen molar-refractivity contribution in [1.82, 2.24) is 10.2 Å². The Morgan fingerprint density at radius 2 is 2.13 bits per heavy atom. The molecule has 10 nitrogen and oxygen atoms in total. The first-order valence-corrected chi connectivity index (χ1v) is 8.73. The van der Waals surface area contributed by atoms with Crippen LogP contribution in [0, 0.1) is 6.92 Å². The summed E-state index contributed by atoms with van der Waals surface area (Å²) < 4.78 is 32.5. The van der Waals surface area contributed by atoms with Crippen LogP contribution in [0.5, 0.6) is 0 Å². The maximum atomic E-state index is 12.0. The van der Waals surface area contributed by atoms with Gasteiger partial charge in [0.25, 0.3) is 0 Å². The Hall–Kier alpha value is -1.56. The molecule has 0 aliphatic carbocycles. The number of carbonyl (C=O) groups is 1. The Kier molecular flexibility index (Phi) is 6.62. The van der Waals surface area contributed by atoms with Crippen LogP contribution in [0.1, 0.15) is 31.5 Å². The molecule has 2 atom stereocenters. The van der Waals surface area contributed by atoms with Gasteiger partial charge in [0.2, 0.25) is 21.8 Å². The third-order valence-electron chi connectivity index (χ3n) is 3.13. The molecule has 1 aromatic rings. The SMILES string of the molecule is CCOC(=O)C(N)(CS(N)(=O)=O)C(O)CCCc1nnc(C)o1. The van der Waals surface area contributed by atoms with E-state index in [2.05, 4.69) is 10.2 Å².